The summed E-state index contributed by atoms with van der Waals surface area (Å²) < 4.78 is 0. The Morgan fingerprint density at radius 3 is 2.55 bits per heavy atom. The molecule has 5 nitrogen and oxygen atoms in total. The van der Waals surface area contributed by atoms with E-state index < -0.39 is 11.4 Å². The summed E-state index contributed by atoms with van der Waals surface area (Å²) in [6.07, 6.45) is 1.93. The topological polar surface area (TPSA) is 83.6 Å². The number of anilines is 1. The Morgan fingerprint density at radius 2 is 2.00 bits per heavy atom. The summed E-state index contributed by atoms with van der Waals surface area (Å²) in [5, 5.41) is 9.45. The first-order valence-corrected chi connectivity index (χ1v) is 6.87. The molecule has 1 atom stereocenters. The van der Waals surface area contributed by atoms with Gasteiger partial charge in [-0.2, -0.15) is 0 Å². The van der Waals surface area contributed by atoms with E-state index in [1.165, 1.54) is 0 Å². The first kappa shape index (κ1) is 14.4. The van der Waals surface area contributed by atoms with Gasteiger partial charge in [0.05, 0.1) is 5.41 Å². The fourth-order valence-corrected chi connectivity index (χ4v) is 2.82. The van der Waals surface area contributed by atoms with Crippen LogP contribution in [0.3, 0.4) is 0 Å². The van der Waals surface area contributed by atoms with Gasteiger partial charge in [0.25, 0.3) is 5.91 Å². The average molecular weight is 276 g/mol. The van der Waals surface area contributed by atoms with Gasteiger partial charge in [-0.15, -0.1) is 0 Å². The Labute approximate surface area is 118 Å². The first-order chi connectivity index (χ1) is 9.48. The van der Waals surface area contributed by atoms with Gasteiger partial charge in [-0.3, -0.25) is 9.59 Å². The number of carboxylic acids is 1. The van der Waals surface area contributed by atoms with Crippen LogP contribution in [-0.4, -0.2) is 35.0 Å². The largest absolute Gasteiger partial charge is 0.481 e. The van der Waals surface area contributed by atoms with Crippen LogP contribution >= 0.6 is 0 Å². The maximum atomic E-state index is 12.4. The third kappa shape index (κ3) is 2.61. The summed E-state index contributed by atoms with van der Waals surface area (Å²) in [5.41, 5.74) is 5.98. The first-order valence-electron chi connectivity index (χ1n) is 6.87. The molecule has 108 valence electrons. The van der Waals surface area contributed by atoms with E-state index in [-0.39, 0.29) is 5.91 Å². The Hall–Kier alpha value is -2.04. The Kier molecular flexibility index (Phi) is 3.97. The van der Waals surface area contributed by atoms with Gasteiger partial charge in [0, 0.05) is 24.3 Å². The van der Waals surface area contributed by atoms with Gasteiger partial charge in [0.1, 0.15) is 0 Å². The molecule has 0 aromatic heterocycles. The van der Waals surface area contributed by atoms with E-state index in [1.54, 1.807) is 29.2 Å². The summed E-state index contributed by atoms with van der Waals surface area (Å²) >= 11 is 0. The molecule has 0 spiro atoms. The number of carbonyl (C=O) groups is 2. The lowest BCUT2D eigenvalue weighted by molar-refractivity contribution is -0.148. The number of hydrogen-bond acceptors (Lipinski definition) is 3. The van der Waals surface area contributed by atoms with Crippen LogP contribution in [0.4, 0.5) is 5.69 Å². The molecule has 1 saturated heterocycles. The molecule has 1 unspecified atom stereocenters. The minimum absolute atomic E-state index is 0.121. The standard InChI is InChI=1S/C15H20N2O3/c1-2-7-15(14(19)20)8-9-17(10-15)13(18)11-3-5-12(16)6-4-11/h3-6H,2,7-10,16H2,1H3,(H,19,20). The Bertz CT molecular complexity index is 512. The molecule has 0 bridgehead atoms. The minimum atomic E-state index is -0.799. The lowest BCUT2D eigenvalue weighted by Gasteiger charge is -2.24. The lowest BCUT2D eigenvalue weighted by Crippen LogP contribution is -2.36. The molecule has 1 amide bonds. The highest BCUT2D eigenvalue weighted by Gasteiger charge is 2.45. The molecule has 20 heavy (non-hydrogen) atoms. The van der Waals surface area contributed by atoms with Crippen molar-refractivity contribution in [2.24, 2.45) is 5.41 Å². The zero-order valence-electron chi connectivity index (χ0n) is 11.6. The monoisotopic (exact) mass is 276 g/mol. The second kappa shape index (κ2) is 5.53. The second-order valence-corrected chi connectivity index (χ2v) is 5.43. The van der Waals surface area contributed by atoms with Crippen LogP contribution in [0.25, 0.3) is 0 Å². The number of aliphatic carboxylic acids is 1. The molecule has 1 aromatic rings. The van der Waals surface area contributed by atoms with Gasteiger partial charge in [0.2, 0.25) is 0 Å². The number of carboxylic acid groups (broad SMARTS) is 1. The van der Waals surface area contributed by atoms with E-state index in [4.69, 9.17) is 5.73 Å². The predicted molar refractivity (Wildman–Crippen MR) is 76.4 cm³/mol. The maximum absolute atomic E-state index is 12.4. The number of benzene rings is 1. The van der Waals surface area contributed by atoms with Crippen molar-refractivity contribution in [2.45, 2.75) is 26.2 Å². The number of rotatable bonds is 4. The van der Waals surface area contributed by atoms with Crippen molar-refractivity contribution >= 4 is 17.6 Å². The van der Waals surface area contributed by atoms with Crippen molar-refractivity contribution in [1.82, 2.24) is 4.90 Å². The van der Waals surface area contributed by atoms with E-state index in [1.807, 2.05) is 6.92 Å². The third-order valence-corrected chi connectivity index (χ3v) is 3.98. The number of amides is 1. The summed E-state index contributed by atoms with van der Waals surface area (Å²) in [5.74, 6) is -0.920. The maximum Gasteiger partial charge on any atom is 0.311 e. The van der Waals surface area contributed by atoms with Crippen LogP contribution in [0, 0.1) is 5.41 Å². The highest BCUT2D eigenvalue weighted by molar-refractivity contribution is 5.95. The number of nitrogens with two attached hydrogens (primary N) is 1. The minimum Gasteiger partial charge on any atom is -0.481 e. The van der Waals surface area contributed by atoms with Gasteiger partial charge >= 0.3 is 5.97 Å². The molecule has 2 rings (SSSR count). The molecule has 1 aromatic carbocycles. The van der Waals surface area contributed by atoms with Crippen molar-refractivity contribution < 1.29 is 14.7 Å². The molecular weight excluding hydrogens is 256 g/mol. The highest BCUT2D eigenvalue weighted by atomic mass is 16.4. The second-order valence-electron chi connectivity index (χ2n) is 5.43. The van der Waals surface area contributed by atoms with Gasteiger partial charge in [0.15, 0.2) is 0 Å². The number of likely N-dealkylation sites (tertiary alicyclic amines) is 1. The fraction of sp³-hybridized carbons (Fsp3) is 0.467. The summed E-state index contributed by atoms with van der Waals surface area (Å²) in [6.45, 7) is 2.75. The number of nitrogens with zero attached hydrogens (tertiary/aromatic N) is 1. The van der Waals surface area contributed by atoms with E-state index in [0.29, 0.717) is 37.2 Å². The summed E-state index contributed by atoms with van der Waals surface area (Å²) in [4.78, 5) is 25.5. The van der Waals surface area contributed by atoms with Crippen molar-refractivity contribution in [1.29, 1.82) is 0 Å². The van der Waals surface area contributed by atoms with Crippen molar-refractivity contribution in [3.63, 3.8) is 0 Å². The zero-order chi connectivity index (χ0) is 14.8. The van der Waals surface area contributed by atoms with Crippen molar-refractivity contribution in [3.8, 4) is 0 Å². The van der Waals surface area contributed by atoms with Crippen molar-refractivity contribution in [2.75, 3.05) is 18.8 Å². The molecule has 0 aliphatic carbocycles. The zero-order valence-corrected chi connectivity index (χ0v) is 11.6. The molecule has 0 saturated carbocycles. The molecule has 1 fully saturated rings. The van der Waals surface area contributed by atoms with Crippen molar-refractivity contribution in [3.05, 3.63) is 29.8 Å². The number of nitrogen functional groups attached to an aromatic ring is 1. The normalized spacial score (nSPS) is 21.9. The molecule has 1 aliphatic heterocycles. The van der Waals surface area contributed by atoms with E-state index in [9.17, 15) is 14.7 Å². The van der Waals surface area contributed by atoms with Crippen LogP contribution in [0.15, 0.2) is 24.3 Å². The number of carbonyl (C=O) groups excluding carboxylic acids is 1. The van der Waals surface area contributed by atoms with Crippen LogP contribution in [0.2, 0.25) is 0 Å². The quantitative estimate of drug-likeness (QED) is 0.824. The smallest absolute Gasteiger partial charge is 0.311 e. The van der Waals surface area contributed by atoms with Gasteiger partial charge in [-0.25, -0.2) is 0 Å². The van der Waals surface area contributed by atoms with Crippen LogP contribution < -0.4 is 5.73 Å². The SMILES string of the molecule is CCCC1(C(=O)O)CCN(C(=O)c2ccc(N)cc2)C1. The predicted octanol–water partition coefficient (Wildman–Crippen LogP) is 1.99. The van der Waals surface area contributed by atoms with E-state index >= 15 is 0 Å². The summed E-state index contributed by atoms with van der Waals surface area (Å²) in [6, 6.07) is 6.72. The molecule has 5 heteroatoms. The van der Waals surface area contributed by atoms with Crippen LogP contribution in [0.5, 0.6) is 0 Å². The highest BCUT2D eigenvalue weighted by Crippen LogP contribution is 2.36. The van der Waals surface area contributed by atoms with Gasteiger partial charge in [-0.05, 0) is 37.1 Å². The average Bonchev–Trinajstić information content (AvgIpc) is 2.85. The Balaban J connectivity index is 2.14. The van der Waals surface area contributed by atoms with Gasteiger partial charge in [-0.1, -0.05) is 13.3 Å². The summed E-state index contributed by atoms with van der Waals surface area (Å²) in [7, 11) is 0. The number of hydrogen-bond donors (Lipinski definition) is 2. The molecular formula is C15H20N2O3. The molecule has 3 N–H and O–H groups in total. The van der Waals surface area contributed by atoms with E-state index in [2.05, 4.69) is 0 Å². The van der Waals surface area contributed by atoms with Crippen LogP contribution in [-0.2, 0) is 4.79 Å². The van der Waals surface area contributed by atoms with Gasteiger partial charge < -0.3 is 15.7 Å². The van der Waals surface area contributed by atoms with Crippen LogP contribution in [0.1, 0.15) is 36.5 Å². The lowest BCUT2D eigenvalue weighted by atomic mass is 9.83. The molecule has 0 radical (unpaired) electrons. The third-order valence-electron chi connectivity index (χ3n) is 3.98. The molecule has 1 heterocycles. The molecule has 1 aliphatic rings. The van der Waals surface area contributed by atoms with E-state index in [0.717, 1.165) is 6.42 Å². The fourth-order valence-electron chi connectivity index (χ4n) is 2.82. The Morgan fingerprint density at radius 1 is 1.35 bits per heavy atom.